The number of rotatable bonds is 1. The van der Waals surface area contributed by atoms with E-state index in [2.05, 4.69) is 12.6 Å². The molecule has 0 aliphatic carbocycles. The molecule has 0 rings (SSSR count). The van der Waals surface area contributed by atoms with Crippen molar-refractivity contribution in [1.82, 2.24) is 0 Å². The molecule has 0 bridgehead atoms. The molecule has 0 spiro atoms. The van der Waals surface area contributed by atoms with E-state index in [1.54, 1.807) is 0 Å². The van der Waals surface area contributed by atoms with E-state index >= 15 is 0 Å². The monoisotopic (exact) mass is 124 g/mol. The second-order valence-corrected chi connectivity index (χ2v) is 2.62. The summed E-state index contributed by atoms with van der Waals surface area (Å²) < 4.78 is 11.9. The lowest BCUT2D eigenvalue weighted by atomic mass is 10.3. The Bertz CT molecular complexity index is 57.2. The Morgan fingerprint density at radius 2 is 2.00 bits per heavy atom. The maximum atomic E-state index is 11.9. The van der Waals surface area contributed by atoms with Crippen molar-refractivity contribution >= 4 is 12.6 Å². The van der Waals surface area contributed by atoms with Crippen molar-refractivity contribution in [3.05, 3.63) is 0 Å². The van der Waals surface area contributed by atoms with Gasteiger partial charge in [0.1, 0.15) is 11.1 Å². The molecule has 0 saturated heterocycles. The Hall–Kier alpha value is 0.240. The summed E-state index contributed by atoms with van der Waals surface area (Å²) in [7, 11) is 0. The van der Waals surface area contributed by atoms with Gasteiger partial charge in [-0.05, 0) is 13.8 Å². The highest BCUT2D eigenvalue weighted by Gasteiger charge is 2.21. The predicted octanol–water partition coefficient (Wildman–Crippen LogP) is 0.983. The molecule has 2 unspecified atom stereocenters. The predicted molar refractivity (Wildman–Crippen MR) is 30.2 cm³/mol. The Morgan fingerprint density at radius 1 is 1.86 bits per heavy atom. The van der Waals surface area contributed by atoms with Gasteiger partial charge in [-0.1, -0.05) is 0 Å². The van der Waals surface area contributed by atoms with Crippen molar-refractivity contribution in [2.24, 2.45) is 0 Å². The van der Waals surface area contributed by atoms with Gasteiger partial charge in [-0.25, -0.2) is 4.39 Å². The van der Waals surface area contributed by atoms with Crippen molar-refractivity contribution < 1.29 is 9.50 Å². The number of aliphatic hydroxyl groups is 1. The van der Waals surface area contributed by atoms with E-state index in [0.717, 1.165) is 0 Å². The van der Waals surface area contributed by atoms with E-state index in [-0.39, 0.29) is 0 Å². The van der Waals surface area contributed by atoms with Gasteiger partial charge in [-0.2, -0.15) is 0 Å². The number of hydrogen-bond acceptors (Lipinski definition) is 2. The van der Waals surface area contributed by atoms with Crippen LogP contribution in [0.2, 0.25) is 0 Å². The highest BCUT2D eigenvalue weighted by Crippen LogP contribution is 2.15. The molecule has 0 amide bonds. The molecule has 7 heavy (non-hydrogen) atoms. The summed E-state index contributed by atoms with van der Waals surface area (Å²) in [4.78, 5) is -1.47. The average molecular weight is 124 g/mol. The zero-order chi connectivity index (χ0) is 6.08. The molecule has 3 heteroatoms. The first kappa shape index (κ1) is 7.24. The molecule has 0 radical (unpaired) electrons. The second-order valence-electron chi connectivity index (χ2n) is 1.71. The van der Waals surface area contributed by atoms with Crippen LogP contribution in [-0.2, 0) is 0 Å². The van der Waals surface area contributed by atoms with Crippen molar-refractivity contribution in [1.29, 1.82) is 0 Å². The lowest BCUT2D eigenvalue weighted by molar-refractivity contribution is 0.0738. The van der Waals surface area contributed by atoms with Gasteiger partial charge < -0.3 is 5.11 Å². The summed E-state index contributed by atoms with van der Waals surface area (Å²) in [6, 6.07) is 0. The zero-order valence-electron chi connectivity index (χ0n) is 4.35. The van der Waals surface area contributed by atoms with Crippen LogP contribution in [0.1, 0.15) is 13.8 Å². The molecule has 0 fully saturated rings. The zero-order valence-corrected chi connectivity index (χ0v) is 5.24. The molecular weight excluding hydrogens is 115 g/mol. The van der Waals surface area contributed by atoms with Gasteiger partial charge >= 0.3 is 0 Å². The molecule has 0 aromatic rings. The van der Waals surface area contributed by atoms with Gasteiger partial charge in [-0.3, -0.25) is 0 Å². The lowest BCUT2D eigenvalue weighted by Gasteiger charge is -2.16. The third kappa shape index (κ3) is 2.88. The second kappa shape index (κ2) is 2.01. The topological polar surface area (TPSA) is 20.2 Å². The van der Waals surface area contributed by atoms with Crippen LogP contribution in [0, 0.1) is 0 Å². The quantitative estimate of drug-likeness (QED) is 0.394. The number of halogens is 1. The number of thiol groups is 1. The summed E-state index contributed by atoms with van der Waals surface area (Å²) in [5, 5.41) is 8.58. The van der Waals surface area contributed by atoms with Gasteiger partial charge in [0.25, 0.3) is 0 Å². The van der Waals surface area contributed by atoms with Gasteiger partial charge in [0.2, 0.25) is 0 Å². The highest BCUT2D eigenvalue weighted by molar-refractivity contribution is 7.81. The van der Waals surface area contributed by atoms with Crippen molar-refractivity contribution in [2.45, 2.75) is 25.0 Å². The fourth-order valence-electron chi connectivity index (χ4n) is 0. The van der Waals surface area contributed by atoms with Crippen LogP contribution < -0.4 is 0 Å². The summed E-state index contributed by atoms with van der Waals surface area (Å²) in [6.07, 6.45) is -1.28. The SMILES string of the molecule is CC(F)C(C)(O)S. The molecular formula is C4H9FOS. The van der Waals surface area contributed by atoms with Crippen molar-refractivity contribution in [3.8, 4) is 0 Å². The summed E-state index contributed by atoms with van der Waals surface area (Å²) in [6.45, 7) is 2.56. The van der Waals surface area contributed by atoms with Crippen LogP contribution in [0.15, 0.2) is 0 Å². The number of alkyl halides is 1. The first-order valence-electron chi connectivity index (χ1n) is 2.03. The van der Waals surface area contributed by atoms with Gasteiger partial charge in [0.15, 0.2) is 0 Å². The molecule has 1 N–H and O–H groups in total. The van der Waals surface area contributed by atoms with E-state index in [9.17, 15) is 4.39 Å². The number of hydrogen-bond donors (Lipinski definition) is 2. The van der Waals surface area contributed by atoms with Gasteiger partial charge in [0.05, 0.1) is 0 Å². The van der Waals surface area contributed by atoms with E-state index in [1.165, 1.54) is 13.8 Å². The van der Waals surface area contributed by atoms with Crippen LogP contribution in [0.5, 0.6) is 0 Å². The average Bonchev–Trinajstić information content (AvgIpc) is 1.31. The van der Waals surface area contributed by atoms with Crippen LogP contribution >= 0.6 is 12.6 Å². The standard InChI is InChI=1S/C4H9FOS/c1-3(5)4(2,6)7/h3,6-7H,1-2H3. The fraction of sp³-hybridized carbons (Fsp3) is 1.00. The molecule has 0 saturated carbocycles. The van der Waals surface area contributed by atoms with E-state index in [1.807, 2.05) is 0 Å². The largest absolute Gasteiger partial charge is 0.377 e. The minimum absolute atomic E-state index is 1.26. The Kier molecular flexibility index (Phi) is 2.08. The molecule has 1 nitrogen and oxygen atoms in total. The van der Waals surface area contributed by atoms with Crippen molar-refractivity contribution in [2.75, 3.05) is 0 Å². The maximum Gasteiger partial charge on any atom is 0.135 e. The van der Waals surface area contributed by atoms with Gasteiger partial charge in [0, 0.05) is 0 Å². The Morgan fingerprint density at radius 3 is 2.00 bits per heavy atom. The van der Waals surface area contributed by atoms with E-state index < -0.39 is 11.1 Å². The van der Waals surface area contributed by atoms with E-state index in [0.29, 0.717) is 0 Å². The Labute approximate surface area is 47.9 Å². The molecule has 44 valence electrons. The van der Waals surface area contributed by atoms with Crippen LogP contribution in [0.4, 0.5) is 4.39 Å². The minimum atomic E-state index is -1.47. The third-order valence-corrected chi connectivity index (χ3v) is 1.11. The fourth-order valence-corrected chi connectivity index (χ4v) is 0. The molecule has 0 aromatic heterocycles. The first-order valence-corrected chi connectivity index (χ1v) is 2.48. The summed E-state index contributed by atoms with van der Waals surface area (Å²) in [5.74, 6) is 0. The maximum absolute atomic E-state index is 11.9. The molecule has 0 aromatic carbocycles. The van der Waals surface area contributed by atoms with Crippen LogP contribution in [-0.4, -0.2) is 16.2 Å². The van der Waals surface area contributed by atoms with Crippen LogP contribution in [0.3, 0.4) is 0 Å². The molecule has 0 aliphatic heterocycles. The normalized spacial score (nSPS) is 23.6. The van der Waals surface area contributed by atoms with Crippen LogP contribution in [0.25, 0.3) is 0 Å². The molecule has 0 heterocycles. The lowest BCUT2D eigenvalue weighted by Crippen LogP contribution is -2.26. The smallest absolute Gasteiger partial charge is 0.135 e. The molecule has 0 aliphatic rings. The first-order chi connectivity index (χ1) is 2.94. The summed E-state index contributed by atoms with van der Waals surface area (Å²) in [5.41, 5.74) is 0. The van der Waals surface area contributed by atoms with Gasteiger partial charge in [-0.15, -0.1) is 12.6 Å². The summed E-state index contributed by atoms with van der Waals surface area (Å²) >= 11 is 3.53. The highest BCUT2D eigenvalue weighted by atomic mass is 32.1. The van der Waals surface area contributed by atoms with Crippen molar-refractivity contribution in [3.63, 3.8) is 0 Å². The molecule has 2 atom stereocenters. The minimum Gasteiger partial charge on any atom is -0.377 e. The van der Waals surface area contributed by atoms with E-state index in [4.69, 9.17) is 5.11 Å². The Balaban J connectivity index is 3.54. The third-order valence-electron chi connectivity index (χ3n) is 0.754.